The number of alkyl halides is 2. The number of anilines is 2. The average molecular weight is 487 g/mol. The summed E-state index contributed by atoms with van der Waals surface area (Å²) in [6, 6.07) is 8.29. The Morgan fingerprint density at radius 3 is 2.21 bits per heavy atom. The number of carbonyl (C=O) groups is 1. The molecule has 1 aromatic carbocycles. The summed E-state index contributed by atoms with van der Waals surface area (Å²) in [4.78, 5) is 24.9. The maximum Gasteiger partial charge on any atom is 0.280 e. The van der Waals surface area contributed by atoms with Crippen molar-refractivity contribution in [2.75, 3.05) is 10.0 Å². The molecule has 34 heavy (non-hydrogen) atoms. The topological polar surface area (TPSA) is 131 Å². The predicted octanol–water partition coefficient (Wildman–Crippen LogP) is 3.44. The van der Waals surface area contributed by atoms with Gasteiger partial charge in [0.1, 0.15) is 11.3 Å². The largest absolute Gasteiger partial charge is 0.322 e. The molecule has 0 radical (unpaired) electrons. The van der Waals surface area contributed by atoms with Gasteiger partial charge in [0.2, 0.25) is 5.95 Å². The zero-order valence-electron chi connectivity index (χ0n) is 18.2. The summed E-state index contributed by atoms with van der Waals surface area (Å²) in [6.07, 6.45) is -1.65. The number of rotatable bonds is 6. The van der Waals surface area contributed by atoms with Gasteiger partial charge >= 0.3 is 0 Å². The number of aryl methyl sites for hydroxylation is 3. The molecule has 1 amide bonds. The molecule has 4 aromatic rings. The quantitative estimate of drug-likeness (QED) is 0.426. The maximum atomic E-state index is 13.3. The van der Waals surface area contributed by atoms with Gasteiger partial charge in [-0.05, 0) is 57.2 Å². The van der Waals surface area contributed by atoms with Crippen LogP contribution in [0.2, 0.25) is 0 Å². The third-order valence-corrected chi connectivity index (χ3v) is 6.07. The molecule has 0 spiro atoms. The van der Waals surface area contributed by atoms with Crippen molar-refractivity contribution in [3.63, 3.8) is 0 Å². The highest BCUT2D eigenvalue weighted by Crippen LogP contribution is 2.23. The van der Waals surface area contributed by atoms with Gasteiger partial charge < -0.3 is 5.32 Å². The van der Waals surface area contributed by atoms with E-state index in [1.54, 1.807) is 19.9 Å². The van der Waals surface area contributed by atoms with Crippen LogP contribution in [0.5, 0.6) is 0 Å². The molecule has 4 rings (SSSR count). The zero-order chi connectivity index (χ0) is 24.6. The summed E-state index contributed by atoms with van der Waals surface area (Å²) in [6.45, 7) is 4.98. The molecule has 10 nitrogen and oxygen atoms in total. The van der Waals surface area contributed by atoms with Crippen LogP contribution in [0.4, 0.5) is 20.4 Å². The van der Waals surface area contributed by atoms with Gasteiger partial charge in [0.05, 0.1) is 11.1 Å². The first-order valence-electron chi connectivity index (χ1n) is 9.93. The maximum absolute atomic E-state index is 13.3. The number of carbonyl (C=O) groups excluding carboxylic acids is 1. The molecule has 0 saturated heterocycles. The van der Waals surface area contributed by atoms with Crippen LogP contribution >= 0.6 is 0 Å². The molecule has 0 saturated carbocycles. The second kappa shape index (κ2) is 8.74. The smallest absolute Gasteiger partial charge is 0.280 e. The molecule has 0 aliphatic heterocycles. The molecule has 0 atom stereocenters. The summed E-state index contributed by atoms with van der Waals surface area (Å²) in [5.74, 6) is -0.681. The summed E-state index contributed by atoms with van der Waals surface area (Å²) < 4.78 is 55.1. The normalized spacial score (nSPS) is 11.7. The molecular formula is C21H19F2N7O3S. The number of fused-ring (bicyclic) bond motifs is 1. The first-order valence-corrected chi connectivity index (χ1v) is 11.4. The summed E-state index contributed by atoms with van der Waals surface area (Å²) >= 11 is 0. The second-order valence-electron chi connectivity index (χ2n) is 7.48. The molecule has 0 bridgehead atoms. The number of hydrogen-bond acceptors (Lipinski definition) is 7. The SMILES string of the molecule is Cc1cc(C)nc(NS(=O)(=O)c2ccc(NC(=O)c3cnn4c(C(F)F)cc(C)nc34)cc2)n1. The van der Waals surface area contributed by atoms with Crippen molar-refractivity contribution in [1.29, 1.82) is 0 Å². The molecule has 0 fully saturated rings. The molecule has 2 N–H and O–H groups in total. The highest BCUT2D eigenvalue weighted by Gasteiger charge is 2.21. The van der Waals surface area contributed by atoms with E-state index in [4.69, 9.17) is 0 Å². The Balaban J connectivity index is 1.54. The van der Waals surface area contributed by atoms with Gasteiger partial charge in [-0.1, -0.05) is 0 Å². The Labute approximate surface area is 193 Å². The van der Waals surface area contributed by atoms with Crippen molar-refractivity contribution < 1.29 is 22.0 Å². The molecule has 13 heteroatoms. The van der Waals surface area contributed by atoms with E-state index < -0.39 is 22.4 Å². The summed E-state index contributed by atoms with van der Waals surface area (Å²) in [5.41, 5.74) is 1.43. The third kappa shape index (κ3) is 4.69. The third-order valence-electron chi connectivity index (χ3n) is 4.73. The van der Waals surface area contributed by atoms with Crippen molar-refractivity contribution in [1.82, 2.24) is 24.6 Å². The van der Waals surface area contributed by atoms with Gasteiger partial charge in [-0.3, -0.25) is 4.79 Å². The number of benzene rings is 1. The van der Waals surface area contributed by atoms with Crippen LogP contribution in [0, 0.1) is 20.8 Å². The number of aromatic nitrogens is 5. The minimum absolute atomic E-state index is 0.00377. The van der Waals surface area contributed by atoms with Crippen molar-refractivity contribution in [3.05, 3.63) is 70.9 Å². The van der Waals surface area contributed by atoms with Gasteiger partial charge in [0, 0.05) is 22.8 Å². The van der Waals surface area contributed by atoms with E-state index in [0.717, 1.165) is 10.7 Å². The fourth-order valence-corrected chi connectivity index (χ4v) is 4.24. The number of nitrogens with zero attached hydrogens (tertiary/aromatic N) is 5. The Hall–Kier alpha value is -4.00. The van der Waals surface area contributed by atoms with E-state index in [1.807, 2.05) is 0 Å². The van der Waals surface area contributed by atoms with E-state index in [-0.39, 0.29) is 33.4 Å². The number of amides is 1. The van der Waals surface area contributed by atoms with Gasteiger partial charge in [-0.15, -0.1) is 0 Å². The predicted molar refractivity (Wildman–Crippen MR) is 119 cm³/mol. The molecule has 0 aliphatic rings. The van der Waals surface area contributed by atoms with E-state index in [1.165, 1.54) is 37.3 Å². The van der Waals surface area contributed by atoms with Crippen molar-refractivity contribution in [2.24, 2.45) is 0 Å². The Bertz CT molecular complexity index is 1480. The average Bonchev–Trinajstić information content (AvgIpc) is 3.16. The second-order valence-corrected chi connectivity index (χ2v) is 9.16. The van der Waals surface area contributed by atoms with Crippen LogP contribution in [0.25, 0.3) is 5.65 Å². The van der Waals surface area contributed by atoms with Crippen LogP contribution in [-0.4, -0.2) is 38.9 Å². The van der Waals surface area contributed by atoms with Crippen LogP contribution in [0.3, 0.4) is 0 Å². The van der Waals surface area contributed by atoms with E-state index >= 15 is 0 Å². The van der Waals surface area contributed by atoms with E-state index in [0.29, 0.717) is 17.1 Å². The molecule has 3 aromatic heterocycles. The minimum atomic E-state index is -3.96. The molecule has 0 unspecified atom stereocenters. The Morgan fingerprint density at radius 1 is 0.971 bits per heavy atom. The van der Waals surface area contributed by atoms with E-state index in [9.17, 15) is 22.0 Å². The zero-order valence-corrected chi connectivity index (χ0v) is 19.1. The molecule has 0 aliphatic carbocycles. The lowest BCUT2D eigenvalue weighted by Crippen LogP contribution is -2.16. The first-order chi connectivity index (χ1) is 16.0. The molecule has 176 valence electrons. The highest BCUT2D eigenvalue weighted by atomic mass is 32.2. The first kappa shape index (κ1) is 23.2. The lowest BCUT2D eigenvalue weighted by molar-refractivity contribution is 0.102. The lowest BCUT2D eigenvalue weighted by atomic mass is 10.2. The minimum Gasteiger partial charge on any atom is -0.322 e. The van der Waals surface area contributed by atoms with Crippen LogP contribution < -0.4 is 10.0 Å². The highest BCUT2D eigenvalue weighted by molar-refractivity contribution is 7.92. The number of sulfonamides is 1. The lowest BCUT2D eigenvalue weighted by Gasteiger charge is -2.09. The standard InChI is InChI=1S/C21H19F2N7O3S/c1-11-8-12(2)27-21(26-11)29-34(32,33)15-6-4-14(5-7-15)28-20(31)16-10-24-30-17(18(22)23)9-13(3)25-19(16)30/h4-10,18H,1-3H3,(H,28,31)(H,26,27,29). The Morgan fingerprint density at radius 2 is 1.59 bits per heavy atom. The Kier molecular flexibility index (Phi) is 5.96. The van der Waals surface area contributed by atoms with Crippen LogP contribution in [0.15, 0.2) is 47.5 Å². The molecular weight excluding hydrogens is 468 g/mol. The van der Waals surface area contributed by atoms with Gasteiger partial charge in [0.15, 0.2) is 5.65 Å². The van der Waals surface area contributed by atoms with Crippen LogP contribution in [0.1, 0.15) is 39.6 Å². The van der Waals surface area contributed by atoms with Crippen molar-refractivity contribution >= 4 is 33.2 Å². The van der Waals surface area contributed by atoms with E-state index in [2.05, 4.69) is 30.1 Å². The monoisotopic (exact) mass is 487 g/mol. The van der Waals surface area contributed by atoms with Crippen molar-refractivity contribution in [2.45, 2.75) is 32.1 Å². The number of nitrogens with one attached hydrogen (secondary N) is 2. The van der Waals surface area contributed by atoms with Crippen molar-refractivity contribution in [3.8, 4) is 0 Å². The number of hydrogen-bond donors (Lipinski definition) is 2. The summed E-state index contributed by atoms with van der Waals surface area (Å²) in [7, 11) is -3.96. The fourth-order valence-electron chi connectivity index (χ4n) is 3.30. The number of halogens is 2. The van der Waals surface area contributed by atoms with Gasteiger partial charge in [-0.25, -0.2) is 41.4 Å². The van der Waals surface area contributed by atoms with Crippen LogP contribution in [-0.2, 0) is 10.0 Å². The van der Waals surface area contributed by atoms with Gasteiger partial charge in [-0.2, -0.15) is 5.10 Å². The molecule has 3 heterocycles. The fraction of sp³-hybridized carbons (Fsp3) is 0.190. The summed E-state index contributed by atoms with van der Waals surface area (Å²) in [5, 5.41) is 6.44. The van der Waals surface area contributed by atoms with Gasteiger partial charge in [0.25, 0.3) is 22.4 Å².